The highest BCUT2D eigenvalue weighted by atomic mass is 32.1. The summed E-state index contributed by atoms with van der Waals surface area (Å²) in [6.45, 7) is 2.72. The fraction of sp³-hybridized carbons (Fsp3) is 0.389. The van der Waals surface area contributed by atoms with E-state index >= 15 is 0 Å². The molecule has 1 N–H and O–H groups in total. The van der Waals surface area contributed by atoms with Crippen LogP contribution >= 0.6 is 11.3 Å². The molecule has 0 saturated carbocycles. The van der Waals surface area contributed by atoms with Gasteiger partial charge >= 0.3 is 5.97 Å². The van der Waals surface area contributed by atoms with Crippen molar-refractivity contribution in [3.8, 4) is 0 Å². The number of thiazole rings is 1. The minimum absolute atomic E-state index is 0.0157. The molecule has 6 heteroatoms. The van der Waals surface area contributed by atoms with Gasteiger partial charge < -0.3 is 10.0 Å². The molecule has 2 heterocycles. The lowest BCUT2D eigenvalue weighted by atomic mass is 10.1. The Labute approximate surface area is 145 Å². The van der Waals surface area contributed by atoms with Gasteiger partial charge in [-0.1, -0.05) is 12.1 Å². The maximum Gasteiger partial charge on any atom is 0.307 e. The van der Waals surface area contributed by atoms with E-state index in [0.717, 1.165) is 36.5 Å². The zero-order valence-corrected chi connectivity index (χ0v) is 14.4. The van der Waals surface area contributed by atoms with Crippen LogP contribution in [-0.4, -0.2) is 39.5 Å². The summed E-state index contributed by atoms with van der Waals surface area (Å²) in [6, 6.07) is 7.12. The monoisotopic (exact) mass is 344 g/mol. The number of aliphatic carboxylic acids is 1. The smallest absolute Gasteiger partial charge is 0.307 e. The van der Waals surface area contributed by atoms with Gasteiger partial charge in [0.15, 0.2) is 0 Å². The second-order valence-corrected chi connectivity index (χ2v) is 7.09. The average molecular weight is 344 g/mol. The fourth-order valence-electron chi connectivity index (χ4n) is 3.17. The molecule has 2 aromatic rings. The molecule has 1 aromatic heterocycles. The number of likely N-dealkylation sites (tertiary alicyclic amines) is 1. The van der Waals surface area contributed by atoms with Crippen LogP contribution in [0.3, 0.4) is 0 Å². The van der Waals surface area contributed by atoms with E-state index in [4.69, 9.17) is 5.11 Å². The van der Waals surface area contributed by atoms with Gasteiger partial charge in [-0.2, -0.15) is 0 Å². The summed E-state index contributed by atoms with van der Waals surface area (Å²) >= 11 is 1.64. The lowest BCUT2D eigenvalue weighted by Gasteiger charge is -2.24. The van der Waals surface area contributed by atoms with E-state index in [1.54, 1.807) is 35.6 Å². The van der Waals surface area contributed by atoms with Crippen molar-refractivity contribution in [1.82, 2.24) is 9.88 Å². The van der Waals surface area contributed by atoms with E-state index in [9.17, 15) is 9.59 Å². The maximum absolute atomic E-state index is 12.9. The van der Waals surface area contributed by atoms with E-state index in [0.29, 0.717) is 11.1 Å². The molecule has 1 saturated heterocycles. The van der Waals surface area contributed by atoms with Crippen molar-refractivity contribution < 1.29 is 14.7 Å². The number of aryl methyl sites for hydroxylation is 1. The second kappa shape index (κ2) is 7.13. The molecule has 1 fully saturated rings. The lowest BCUT2D eigenvalue weighted by molar-refractivity contribution is -0.136. The number of aromatic nitrogens is 1. The van der Waals surface area contributed by atoms with Gasteiger partial charge in [0.25, 0.3) is 5.91 Å². The summed E-state index contributed by atoms with van der Waals surface area (Å²) in [5, 5.41) is 12.0. The van der Waals surface area contributed by atoms with Crippen molar-refractivity contribution in [3.05, 3.63) is 51.5 Å². The Kier molecular flexibility index (Phi) is 4.94. The zero-order chi connectivity index (χ0) is 17.1. The third kappa shape index (κ3) is 3.82. The van der Waals surface area contributed by atoms with Crippen LogP contribution in [0.15, 0.2) is 29.6 Å². The average Bonchev–Trinajstić information content (AvgIpc) is 3.16. The summed E-state index contributed by atoms with van der Waals surface area (Å²) in [5.41, 5.74) is 2.24. The first-order valence-corrected chi connectivity index (χ1v) is 8.93. The molecule has 0 aliphatic carbocycles. The minimum Gasteiger partial charge on any atom is -0.481 e. The maximum atomic E-state index is 12.9. The number of carboxylic acids is 1. The number of nitrogens with zero attached hydrogens (tertiary/aromatic N) is 2. The van der Waals surface area contributed by atoms with Gasteiger partial charge in [-0.15, -0.1) is 11.3 Å². The van der Waals surface area contributed by atoms with Crippen molar-refractivity contribution >= 4 is 23.2 Å². The summed E-state index contributed by atoms with van der Waals surface area (Å²) in [4.78, 5) is 30.1. The third-order valence-electron chi connectivity index (χ3n) is 4.24. The number of rotatable bonds is 5. The Morgan fingerprint density at radius 2 is 2.25 bits per heavy atom. The highest BCUT2D eigenvalue weighted by Crippen LogP contribution is 2.25. The Balaban J connectivity index is 1.74. The number of hydrogen-bond acceptors (Lipinski definition) is 4. The largest absolute Gasteiger partial charge is 0.481 e. The van der Waals surface area contributed by atoms with Gasteiger partial charge in [-0.05, 0) is 37.5 Å². The fourth-order valence-corrected chi connectivity index (χ4v) is 4.01. The Morgan fingerprint density at radius 3 is 2.96 bits per heavy atom. The topological polar surface area (TPSA) is 70.5 Å². The summed E-state index contributed by atoms with van der Waals surface area (Å²) in [7, 11) is 0. The predicted molar refractivity (Wildman–Crippen MR) is 92.4 cm³/mol. The molecule has 1 atom stereocenters. The first-order chi connectivity index (χ1) is 11.5. The molecule has 24 heavy (non-hydrogen) atoms. The van der Waals surface area contributed by atoms with Crippen molar-refractivity contribution in [2.24, 2.45) is 0 Å². The van der Waals surface area contributed by atoms with Crippen LogP contribution in [0.1, 0.15) is 39.5 Å². The summed E-state index contributed by atoms with van der Waals surface area (Å²) < 4.78 is 0. The highest BCUT2D eigenvalue weighted by Gasteiger charge is 2.30. The van der Waals surface area contributed by atoms with E-state index < -0.39 is 5.97 Å². The molecule has 1 unspecified atom stereocenters. The summed E-state index contributed by atoms with van der Waals surface area (Å²) in [5.74, 6) is -0.907. The standard InChI is InChI=1S/C18H20N2O3S/c1-12-11-24-16(19-12)10-15-6-3-7-20(15)18(23)14-5-2-4-13(8-14)9-17(21)22/h2,4-5,8,11,15H,3,6-7,9-10H2,1H3,(H,21,22). The molecule has 5 nitrogen and oxygen atoms in total. The number of benzene rings is 1. The normalized spacial score (nSPS) is 17.2. The van der Waals surface area contributed by atoms with Crippen molar-refractivity contribution in [2.75, 3.05) is 6.54 Å². The molecule has 1 aliphatic rings. The van der Waals surface area contributed by atoms with E-state index in [-0.39, 0.29) is 18.4 Å². The van der Waals surface area contributed by atoms with Crippen molar-refractivity contribution in [1.29, 1.82) is 0 Å². The Bertz CT molecular complexity index is 756. The molecule has 1 aliphatic heterocycles. The number of hydrogen-bond donors (Lipinski definition) is 1. The van der Waals surface area contributed by atoms with E-state index in [1.165, 1.54) is 0 Å². The predicted octanol–water partition coefficient (Wildman–Crippen LogP) is 2.93. The molecule has 1 aromatic carbocycles. The molecular weight excluding hydrogens is 324 g/mol. The highest BCUT2D eigenvalue weighted by molar-refractivity contribution is 7.09. The SMILES string of the molecule is Cc1csc(CC2CCCN2C(=O)c2cccc(CC(=O)O)c2)n1. The van der Waals surface area contributed by atoms with E-state index in [2.05, 4.69) is 4.98 Å². The van der Waals surface area contributed by atoms with Crippen LogP contribution in [0.4, 0.5) is 0 Å². The first kappa shape index (κ1) is 16.6. The second-order valence-electron chi connectivity index (χ2n) is 6.15. The Hall–Kier alpha value is -2.21. The van der Waals surface area contributed by atoms with Gasteiger partial charge in [0.05, 0.1) is 11.4 Å². The molecule has 1 amide bonds. The zero-order valence-electron chi connectivity index (χ0n) is 13.6. The number of amides is 1. The third-order valence-corrected chi connectivity index (χ3v) is 5.23. The van der Waals surface area contributed by atoms with Crippen LogP contribution in [0.25, 0.3) is 0 Å². The van der Waals surface area contributed by atoms with Crippen LogP contribution in [0.2, 0.25) is 0 Å². The molecule has 3 rings (SSSR count). The van der Waals surface area contributed by atoms with Crippen LogP contribution < -0.4 is 0 Å². The molecular formula is C18H20N2O3S. The molecule has 126 valence electrons. The molecule has 0 radical (unpaired) electrons. The molecule has 0 bridgehead atoms. The summed E-state index contributed by atoms with van der Waals surface area (Å²) in [6.07, 6.45) is 2.71. The van der Waals surface area contributed by atoms with Gasteiger partial charge in [0.2, 0.25) is 0 Å². The molecule has 0 spiro atoms. The first-order valence-electron chi connectivity index (χ1n) is 8.05. The van der Waals surface area contributed by atoms with Gasteiger partial charge in [-0.3, -0.25) is 9.59 Å². The number of carboxylic acid groups (broad SMARTS) is 1. The van der Waals surface area contributed by atoms with Gasteiger partial charge in [-0.25, -0.2) is 4.98 Å². The lowest BCUT2D eigenvalue weighted by Crippen LogP contribution is -2.36. The van der Waals surface area contributed by atoms with Crippen LogP contribution in [0.5, 0.6) is 0 Å². The van der Waals surface area contributed by atoms with Crippen molar-refractivity contribution in [3.63, 3.8) is 0 Å². The number of carbonyl (C=O) groups excluding carboxylic acids is 1. The van der Waals surface area contributed by atoms with Crippen LogP contribution in [0, 0.1) is 6.92 Å². The van der Waals surface area contributed by atoms with Crippen molar-refractivity contribution in [2.45, 2.75) is 38.6 Å². The Morgan fingerprint density at radius 1 is 1.42 bits per heavy atom. The van der Waals surface area contributed by atoms with Gasteiger partial charge in [0.1, 0.15) is 0 Å². The minimum atomic E-state index is -0.891. The van der Waals surface area contributed by atoms with Gasteiger partial charge in [0, 0.05) is 35.6 Å². The van der Waals surface area contributed by atoms with E-state index in [1.807, 2.05) is 17.2 Å². The number of carbonyl (C=O) groups is 2. The van der Waals surface area contributed by atoms with Crippen LogP contribution in [-0.2, 0) is 17.6 Å². The quantitative estimate of drug-likeness (QED) is 0.905.